The molecule has 2 aliphatic carbocycles. The van der Waals surface area contributed by atoms with E-state index in [0.717, 1.165) is 51.4 Å². The first-order valence-corrected chi connectivity index (χ1v) is 15.3. The van der Waals surface area contributed by atoms with Gasteiger partial charge in [0.1, 0.15) is 11.7 Å². The Kier molecular flexibility index (Phi) is 7.22. The van der Waals surface area contributed by atoms with Crippen molar-refractivity contribution >= 4 is 36.5 Å². The fraction of sp³-hybridized carbons (Fsp3) is 1.00. The minimum atomic E-state index is -2.42. The Morgan fingerprint density at radius 1 is 0.750 bits per heavy atom. The van der Waals surface area contributed by atoms with Crippen molar-refractivity contribution < 1.29 is 20.4 Å². The van der Waals surface area contributed by atoms with E-state index < -0.39 is 37.8 Å². The summed E-state index contributed by atoms with van der Waals surface area (Å²) in [4.78, 5) is 0. The molecule has 4 nitrogen and oxygen atoms in total. The summed E-state index contributed by atoms with van der Waals surface area (Å²) in [5, 5.41) is 44.1. The van der Waals surface area contributed by atoms with Gasteiger partial charge in [0, 0.05) is 0 Å². The highest BCUT2D eigenvalue weighted by atomic mass is 33.3. The van der Waals surface area contributed by atoms with Crippen LogP contribution in [-0.2, 0) is 0 Å². The van der Waals surface area contributed by atoms with E-state index in [9.17, 15) is 20.4 Å². The molecule has 0 radical (unpaired) electrons. The Morgan fingerprint density at radius 2 is 1.21 bits per heavy atom. The van der Waals surface area contributed by atoms with Crippen molar-refractivity contribution in [1.82, 2.24) is 0 Å². The third-order valence-corrected chi connectivity index (χ3v) is 19.6. The Morgan fingerprint density at radius 3 is 1.67 bits per heavy atom. The molecule has 3 fully saturated rings. The zero-order valence-corrected chi connectivity index (χ0v) is 17.6. The maximum atomic E-state index is 11.1. The summed E-state index contributed by atoms with van der Waals surface area (Å²) in [6.07, 6.45) is 10.8. The molecule has 0 aromatic carbocycles. The highest BCUT2D eigenvalue weighted by Gasteiger charge is 2.69. The first-order valence-electron chi connectivity index (χ1n) is 9.25. The molecule has 140 valence electrons. The lowest BCUT2D eigenvalue weighted by Crippen LogP contribution is -2.49. The molecule has 0 amide bonds. The van der Waals surface area contributed by atoms with E-state index >= 15 is 0 Å². The van der Waals surface area contributed by atoms with Crippen LogP contribution in [0.15, 0.2) is 0 Å². The monoisotopic (exact) mass is 413 g/mol. The minimum absolute atomic E-state index is 0.201. The van der Waals surface area contributed by atoms with E-state index in [2.05, 4.69) is 11.7 Å². The van der Waals surface area contributed by atoms with Gasteiger partial charge in [-0.3, -0.25) is 0 Å². The molecule has 1 aliphatic heterocycles. The molecule has 4 unspecified atom stereocenters. The normalized spacial score (nSPS) is 46.1. The molecular weight excluding hydrogens is 382 g/mol. The van der Waals surface area contributed by atoms with Gasteiger partial charge in [0.15, 0.2) is 6.46 Å². The SMILES string of the molecule is OC1C(O)[P+](SS)(C2CCCCC2)C(O)C(O)P1C1CCCCC1. The Bertz CT molecular complexity index is 403. The highest BCUT2D eigenvalue weighted by molar-refractivity contribution is 8.97. The van der Waals surface area contributed by atoms with E-state index in [1.807, 2.05) is 0 Å². The van der Waals surface area contributed by atoms with Crippen molar-refractivity contribution in [3.8, 4) is 0 Å². The van der Waals surface area contributed by atoms with E-state index in [1.54, 1.807) is 0 Å². The minimum Gasteiger partial charge on any atom is -0.382 e. The van der Waals surface area contributed by atoms with Gasteiger partial charge in [-0.1, -0.05) is 37.3 Å². The molecule has 24 heavy (non-hydrogen) atoms. The number of aliphatic hydroxyl groups excluding tert-OH is 4. The molecular formula is C16H31O4P2S2+. The average Bonchev–Trinajstić information content (AvgIpc) is 2.63. The largest absolute Gasteiger partial charge is 0.382 e. The van der Waals surface area contributed by atoms with Gasteiger partial charge in [0.25, 0.3) is 0 Å². The predicted molar refractivity (Wildman–Crippen MR) is 108 cm³/mol. The van der Waals surface area contributed by atoms with Crippen LogP contribution in [-0.4, -0.2) is 55.1 Å². The fourth-order valence-electron chi connectivity index (χ4n) is 4.93. The quantitative estimate of drug-likeness (QED) is 0.275. The Balaban J connectivity index is 1.87. The van der Waals surface area contributed by atoms with Gasteiger partial charge in [-0.2, -0.15) is 0 Å². The molecule has 3 rings (SSSR count). The van der Waals surface area contributed by atoms with Gasteiger partial charge in [-0.25, -0.2) is 0 Å². The summed E-state index contributed by atoms with van der Waals surface area (Å²) in [6.45, 7) is -2.42. The summed E-state index contributed by atoms with van der Waals surface area (Å²) >= 11 is 4.45. The van der Waals surface area contributed by atoms with E-state index in [1.165, 1.54) is 23.3 Å². The van der Waals surface area contributed by atoms with Crippen LogP contribution in [0, 0.1) is 0 Å². The van der Waals surface area contributed by atoms with Crippen LogP contribution in [0.25, 0.3) is 0 Å². The molecule has 0 aromatic rings. The third-order valence-electron chi connectivity index (χ3n) is 6.25. The lowest BCUT2D eigenvalue weighted by atomic mass is 10.0. The standard InChI is InChI=1S/C16H30O4P2S2/c17-13-15(19)22(24-23,12-9-5-2-6-10-12)16(20)14(18)21(13)11-7-3-1-4-8-11/h11-20H,1-10H2/p+1. The van der Waals surface area contributed by atoms with Gasteiger partial charge >= 0.3 is 0 Å². The number of hydrogen-bond acceptors (Lipinski definition) is 6. The van der Waals surface area contributed by atoms with Crippen molar-refractivity contribution in [2.45, 2.75) is 98.9 Å². The highest BCUT2D eigenvalue weighted by Crippen LogP contribution is 2.87. The van der Waals surface area contributed by atoms with Crippen LogP contribution in [0.2, 0.25) is 0 Å². The van der Waals surface area contributed by atoms with Crippen LogP contribution in [0.1, 0.15) is 64.2 Å². The smallest absolute Gasteiger partial charge is 0.208 e. The summed E-state index contributed by atoms with van der Waals surface area (Å²) in [7, 11) is 0.0834. The van der Waals surface area contributed by atoms with Gasteiger partial charge < -0.3 is 20.4 Å². The lowest BCUT2D eigenvalue weighted by molar-refractivity contribution is 0.0736. The summed E-state index contributed by atoms with van der Waals surface area (Å²) < 4.78 is 0. The van der Waals surface area contributed by atoms with Gasteiger partial charge in [-0.05, 0) is 52.1 Å². The van der Waals surface area contributed by atoms with Crippen molar-refractivity contribution in [2.24, 2.45) is 0 Å². The van der Waals surface area contributed by atoms with E-state index in [4.69, 9.17) is 0 Å². The molecule has 1 saturated heterocycles. The zero-order valence-electron chi connectivity index (χ0n) is 14.1. The van der Waals surface area contributed by atoms with E-state index in [0.29, 0.717) is 0 Å². The van der Waals surface area contributed by atoms with Crippen molar-refractivity contribution in [3.63, 3.8) is 0 Å². The topological polar surface area (TPSA) is 80.9 Å². The molecule has 4 atom stereocenters. The fourth-order valence-corrected chi connectivity index (χ4v) is 19.2. The molecule has 0 bridgehead atoms. The average molecular weight is 414 g/mol. The first kappa shape index (κ1) is 20.1. The number of hydrogen-bond donors (Lipinski definition) is 5. The third kappa shape index (κ3) is 3.44. The van der Waals surface area contributed by atoms with Gasteiger partial charge in [0.05, 0.1) is 16.1 Å². The van der Waals surface area contributed by atoms with E-state index in [-0.39, 0.29) is 11.3 Å². The Labute approximate surface area is 155 Å². The second kappa shape index (κ2) is 8.61. The number of thiol groups is 1. The second-order valence-corrected chi connectivity index (χ2v) is 17.5. The zero-order chi connectivity index (χ0) is 17.3. The molecule has 0 aromatic heterocycles. The van der Waals surface area contributed by atoms with Gasteiger partial charge in [-0.15, -0.1) is 0 Å². The number of rotatable bonds is 3. The number of aliphatic hydroxyl groups is 4. The first-order chi connectivity index (χ1) is 11.5. The summed E-state index contributed by atoms with van der Waals surface area (Å²) in [5.41, 5.74) is 0.466. The van der Waals surface area contributed by atoms with Crippen LogP contribution in [0.5, 0.6) is 0 Å². The molecule has 1 heterocycles. The molecule has 2 saturated carbocycles. The summed E-state index contributed by atoms with van der Waals surface area (Å²) in [6, 6.07) is 0. The van der Waals surface area contributed by atoms with Crippen molar-refractivity contribution in [2.75, 3.05) is 0 Å². The molecule has 0 spiro atoms. The van der Waals surface area contributed by atoms with Crippen LogP contribution < -0.4 is 0 Å². The molecule has 3 aliphatic rings. The maximum absolute atomic E-state index is 11.1. The predicted octanol–water partition coefficient (Wildman–Crippen LogP) is 3.93. The van der Waals surface area contributed by atoms with Crippen molar-refractivity contribution in [1.29, 1.82) is 0 Å². The van der Waals surface area contributed by atoms with Crippen LogP contribution in [0.3, 0.4) is 0 Å². The Hall–Kier alpha value is 1.40. The van der Waals surface area contributed by atoms with Crippen LogP contribution in [0.4, 0.5) is 0 Å². The summed E-state index contributed by atoms with van der Waals surface area (Å²) in [5.74, 6) is -3.57. The lowest BCUT2D eigenvalue weighted by Gasteiger charge is -2.51. The second-order valence-electron chi connectivity index (χ2n) is 7.53. The van der Waals surface area contributed by atoms with Crippen molar-refractivity contribution in [3.05, 3.63) is 0 Å². The molecule has 4 N–H and O–H groups in total. The van der Waals surface area contributed by atoms with Gasteiger partial charge in [0.2, 0.25) is 11.7 Å². The molecule has 8 heteroatoms. The maximum Gasteiger partial charge on any atom is 0.208 e. The van der Waals surface area contributed by atoms with Crippen LogP contribution >= 0.6 is 36.5 Å².